The number of halogens is 1. The summed E-state index contributed by atoms with van der Waals surface area (Å²) in [6.45, 7) is 3.92. The molecular weight excluding hydrogens is 263 g/mol. The number of hydrogen-bond donors (Lipinski definition) is 1. The maximum atomic E-state index is 13.8. The minimum Gasteiger partial charge on any atom is -0.368 e. The highest BCUT2D eigenvalue weighted by atomic mass is 19.1. The highest BCUT2D eigenvalue weighted by Gasteiger charge is 2.13. The molecule has 0 atom stereocenters. The Balaban J connectivity index is 2.44. The summed E-state index contributed by atoms with van der Waals surface area (Å²) in [5, 5.41) is 13.4. The molecule has 0 saturated heterocycles. The van der Waals surface area contributed by atoms with Gasteiger partial charge in [0.1, 0.15) is 0 Å². The molecule has 2 aromatic rings. The van der Waals surface area contributed by atoms with Crippen LogP contribution in [0.3, 0.4) is 0 Å². The first-order valence-electron chi connectivity index (χ1n) is 6.05. The van der Waals surface area contributed by atoms with Crippen LogP contribution in [0.25, 0.3) is 11.4 Å². The topological polar surface area (TPSA) is 81.0 Å². The van der Waals surface area contributed by atoms with Gasteiger partial charge in [-0.2, -0.15) is 0 Å². The summed E-state index contributed by atoms with van der Waals surface area (Å²) >= 11 is 0. The third kappa shape index (κ3) is 2.71. The van der Waals surface area contributed by atoms with Crippen LogP contribution in [-0.4, -0.2) is 21.4 Å². The van der Waals surface area contributed by atoms with Crippen LogP contribution in [0.4, 0.5) is 15.9 Å². The number of hydrogen-bond acceptors (Lipinski definition) is 5. The maximum Gasteiger partial charge on any atom is 0.269 e. The Labute approximate surface area is 114 Å². The van der Waals surface area contributed by atoms with Crippen molar-refractivity contribution >= 4 is 11.5 Å². The van der Waals surface area contributed by atoms with Crippen molar-refractivity contribution < 1.29 is 9.31 Å². The lowest BCUT2D eigenvalue weighted by Gasteiger charge is -2.08. The van der Waals surface area contributed by atoms with E-state index in [0.717, 1.165) is 0 Å². The molecular formula is C13H13FN4O2. The SMILES string of the molecule is CCNc1nc(-c2ccc([N+](=O)[O-])cc2)nc(C)c1F. The van der Waals surface area contributed by atoms with Crippen molar-refractivity contribution in [3.63, 3.8) is 0 Å². The average molecular weight is 276 g/mol. The van der Waals surface area contributed by atoms with Crippen molar-refractivity contribution in [2.24, 2.45) is 0 Å². The van der Waals surface area contributed by atoms with Gasteiger partial charge >= 0.3 is 0 Å². The molecule has 0 bridgehead atoms. The molecule has 1 heterocycles. The van der Waals surface area contributed by atoms with Gasteiger partial charge in [0.25, 0.3) is 5.69 Å². The van der Waals surface area contributed by atoms with E-state index in [2.05, 4.69) is 15.3 Å². The molecule has 20 heavy (non-hydrogen) atoms. The number of non-ortho nitro benzene ring substituents is 1. The Bertz CT molecular complexity index is 644. The molecule has 1 aromatic heterocycles. The van der Waals surface area contributed by atoms with Crippen molar-refractivity contribution in [3.05, 3.63) is 45.9 Å². The van der Waals surface area contributed by atoms with E-state index in [4.69, 9.17) is 0 Å². The smallest absolute Gasteiger partial charge is 0.269 e. The van der Waals surface area contributed by atoms with Crippen molar-refractivity contribution in [1.82, 2.24) is 9.97 Å². The molecule has 0 aliphatic carbocycles. The van der Waals surface area contributed by atoms with Crippen LogP contribution >= 0.6 is 0 Å². The second-order valence-electron chi connectivity index (χ2n) is 4.13. The first-order chi connectivity index (χ1) is 9.52. The van der Waals surface area contributed by atoms with Gasteiger partial charge in [-0.25, -0.2) is 14.4 Å². The summed E-state index contributed by atoms with van der Waals surface area (Å²) in [7, 11) is 0. The van der Waals surface area contributed by atoms with Gasteiger partial charge in [-0.05, 0) is 26.0 Å². The van der Waals surface area contributed by atoms with Gasteiger partial charge in [0, 0.05) is 24.2 Å². The summed E-state index contributed by atoms with van der Waals surface area (Å²) in [5.74, 6) is -0.0272. The lowest BCUT2D eigenvalue weighted by atomic mass is 10.2. The van der Waals surface area contributed by atoms with Crippen LogP contribution in [0.1, 0.15) is 12.6 Å². The maximum absolute atomic E-state index is 13.8. The number of nitrogens with zero attached hydrogens (tertiary/aromatic N) is 3. The first kappa shape index (κ1) is 13.9. The number of aromatic nitrogens is 2. The Morgan fingerprint density at radius 2 is 1.95 bits per heavy atom. The zero-order valence-electron chi connectivity index (χ0n) is 11.1. The van der Waals surface area contributed by atoms with Gasteiger partial charge in [0.2, 0.25) is 0 Å². The number of aryl methyl sites for hydroxylation is 1. The van der Waals surface area contributed by atoms with E-state index in [1.54, 1.807) is 19.1 Å². The van der Waals surface area contributed by atoms with Gasteiger partial charge in [-0.3, -0.25) is 10.1 Å². The Morgan fingerprint density at radius 3 is 2.50 bits per heavy atom. The molecule has 7 heteroatoms. The van der Waals surface area contributed by atoms with Crippen molar-refractivity contribution in [3.8, 4) is 11.4 Å². The average Bonchev–Trinajstić information content (AvgIpc) is 2.44. The second kappa shape index (κ2) is 5.60. The fourth-order valence-electron chi connectivity index (χ4n) is 1.71. The van der Waals surface area contributed by atoms with E-state index in [-0.39, 0.29) is 17.2 Å². The van der Waals surface area contributed by atoms with Crippen LogP contribution in [0, 0.1) is 22.9 Å². The molecule has 0 aliphatic rings. The molecule has 0 spiro atoms. The molecule has 0 amide bonds. The minimum absolute atomic E-state index is 0.0144. The molecule has 0 radical (unpaired) electrons. The zero-order chi connectivity index (χ0) is 14.7. The molecule has 6 nitrogen and oxygen atoms in total. The second-order valence-corrected chi connectivity index (χ2v) is 4.13. The first-order valence-corrected chi connectivity index (χ1v) is 6.05. The third-order valence-electron chi connectivity index (χ3n) is 2.70. The van der Waals surface area contributed by atoms with Crippen LogP contribution < -0.4 is 5.32 Å². The number of benzene rings is 1. The molecule has 1 N–H and O–H groups in total. The van der Waals surface area contributed by atoms with E-state index in [0.29, 0.717) is 17.9 Å². The fraction of sp³-hybridized carbons (Fsp3) is 0.231. The van der Waals surface area contributed by atoms with E-state index in [1.165, 1.54) is 12.1 Å². The van der Waals surface area contributed by atoms with Crippen molar-refractivity contribution in [2.75, 3.05) is 11.9 Å². The standard InChI is InChI=1S/C13H13FN4O2/c1-3-15-13-11(14)8(2)16-12(17-13)9-4-6-10(7-5-9)18(19)20/h4-7H,3H2,1-2H3,(H,15,16,17). The van der Waals surface area contributed by atoms with Gasteiger partial charge in [0.05, 0.1) is 10.6 Å². The quantitative estimate of drug-likeness (QED) is 0.686. The highest BCUT2D eigenvalue weighted by Crippen LogP contribution is 2.23. The van der Waals surface area contributed by atoms with Gasteiger partial charge in [-0.15, -0.1) is 0 Å². The monoisotopic (exact) mass is 276 g/mol. The summed E-state index contributed by atoms with van der Waals surface area (Å²) < 4.78 is 13.8. The molecule has 0 fully saturated rings. The number of nitro benzene ring substituents is 1. The lowest BCUT2D eigenvalue weighted by Crippen LogP contribution is -2.06. The number of nitro groups is 1. The minimum atomic E-state index is -0.488. The largest absolute Gasteiger partial charge is 0.368 e. The molecule has 104 valence electrons. The lowest BCUT2D eigenvalue weighted by molar-refractivity contribution is -0.384. The summed E-state index contributed by atoms with van der Waals surface area (Å²) in [6.07, 6.45) is 0. The van der Waals surface area contributed by atoms with Crippen molar-refractivity contribution in [1.29, 1.82) is 0 Å². The summed E-state index contributed by atoms with van der Waals surface area (Å²) in [4.78, 5) is 18.3. The Kier molecular flexibility index (Phi) is 3.88. The van der Waals surface area contributed by atoms with Crippen LogP contribution in [0.2, 0.25) is 0 Å². The van der Waals surface area contributed by atoms with Crippen LogP contribution in [0.5, 0.6) is 0 Å². The summed E-state index contributed by atoms with van der Waals surface area (Å²) in [5.41, 5.74) is 0.807. The van der Waals surface area contributed by atoms with Gasteiger partial charge in [-0.1, -0.05) is 0 Å². The molecule has 2 rings (SSSR count). The number of anilines is 1. The van der Waals surface area contributed by atoms with Crippen molar-refractivity contribution in [2.45, 2.75) is 13.8 Å². The Hall–Kier alpha value is -2.57. The van der Waals surface area contributed by atoms with Crippen LogP contribution in [0.15, 0.2) is 24.3 Å². The van der Waals surface area contributed by atoms with Crippen LogP contribution in [-0.2, 0) is 0 Å². The predicted molar refractivity (Wildman–Crippen MR) is 73.0 cm³/mol. The van der Waals surface area contributed by atoms with E-state index in [1.807, 2.05) is 6.92 Å². The van der Waals surface area contributed by atoms with Gasteiger partial charge in [0.15, 0.2) is 17.5 Å². The molecule has 0 unspecified atom stereocenters. The van der Waals surface area contributed by atoms with Gasteiger partial charge < -0.3 is 5.32 Å². The predicted octanol–water partition coefficient (Wildman–Crippen LogP) is 2.93. The fourth-order valence-corrected chi connectivity index (χ4v) is 1.71. The van der Waals surface area contributed by atoms with E-state index >= 15 is 0 Å². The molecule has 1 aromatic carbocycles. The Morgan fingerprint density at radius 1 is 1.30 bits per heavy atom. The number of rotatable bonds is 4. The number of nitrogens with one attached hydrogen (secondary N) is 1. The van der Waals surface area contributed by atoms with E-state index in [9.17, 15) is 14.5 Å². The normalized spacial score (nSPS) is 10.3. The molecule has 0 aliphatic heterocycles. The summed E-state index contributed by atoms with van der Waals surface area (Å²) in [6, 6.07) is 5.82. The zero-order valence-corrected chi connectivity index (χ0v) is 11.1. The highest BCUT2D eigenvalue weighted by molar-refractivity contribution is 5.59. The van der Waals surface area contributed by atoms with E-state index < -0.39 is 10.7 Å². The molecule has 0 saturated carbocycles. The third-order valence-corrected chi connectivity index (χ3v) is 2.70.